The minimum atomic E-state index is -1.84. The quantitative estimate of drug-likeness (QED) is 0.737. The predicted molar refractivity (Wildman–Crippen MR) is 84.2 cm³/mol. The van der Waals surface area contributed by atoms with Gasteiger partial charge >= 0.3 is 6.09 Å². The molecule has 0 aromatic heterocycles. The minimum absolute atomic E-state index is 0.188. The summed E-state index contributed by atoms with van der Waals surface area (Å²) in [4.78, 5) is 27.0. The summed E-state index contributed by atoms with van der Waals surface area (Å²) in [6.07, 6.45) is 3.26. The van der Waals surface area contributed by atoms with Gasteiger partial charge in [0.05, 0.1) is 6.61 Å². The van der Waals surface area contributed by atoms with Crippen molar-refractivity contribution in [2.45, 2.75) is 50.7 Å². The van der Waals surface area contributed by atoms with Gasteiger partial charge in [-0.15, -0.1) is 0 Å². The number of hydrogen-bond acceptors (Lipinski definition) is 4. The summed E-state index contributed by atoms with van der Waals surface area (Å²) in [7, 11) is 0. The number of amides is 1. The third-order valence-corrected chi connectivity index (χ3v) is 6.10. The largest absolute Gasteiger partial charge is 0.450 e. The molecule has 3 aliphatic rings. The third-order valence-electron chi connectivity index (χ3n) is 5.76. The first-order valence-electron chi connectivity index (χ1n) is 8.42. The molecule has 1 saturated carbocycles. The van der Waals surface area contributed by atoms with Gasteiger partial charge in [-0.05, 0) is 43.2 Å². The molecule has 2 saturated heterocycles. The van der Waals surface area contributed by atoms with Gasteiger partial charge in [0.2, 0.25) is 0 Å². The van der Waals surface area contributed by atoms with Crippen molar-refractivity contribution < 1.29 is 18.7 Å². The SMILES string of the molecule is CCOC(=O)N1CCC2(CC(N3CCC(F)(C(=O)Cl)CC3)C2)C1. The van der Waals surface area contributed by atoms with Gasteiger partial charge in [0.25, 0.3) is 5.24 Å². The first-order chi connectivity index (χ1) is 10.9. The maximum absolute atomic E-state index is 14.2. The molecule has 3 rings (SSSR count). The van der Waals surface area contributed by atoms with Crippen LogP contribution in [0.15, 0.2) is 0 Å². The Morgan fingerprint density at radius 1 is 1.22 bits per heavy atom. The van der Waals surface area contributed by atoms with E-state index < -0.39 is 10.9 Å². The molecule has 0 atom stereocenters. The van der Waals surface area contributed by atoms with E-state index in [1.54, 1.807) is 4.90 Å². The number of nitrogens with zero attached hydrogens (tertiary/aromatic N) is 2. The van der Waals surface area contributed by atoms with Crippen LogP contribution < -0.4 is 0 Å². The van der Waals surface area contributed by atoms with Gasteiger partial charge in [0.15, 0.2) is 5.67 Å². The van der Waals surface area contributed by atoms with E-state index in [1.165, 1.54) is 0 Å². The molecule has 1 spiro atoms. The first-order valence-corrected chi connectivity index (χ1v) is 8.80. The minimum Gasteiger partial charge on any atom is -0.450 e. The van der Waals surface area contributed by atoms with E-state index in [-0.39, 0.29) is 24.3 Å². The zero-order valence-electron chi connectivity index (χ0n) is 13.5. The average molecular weight is 347 g/mol. The van der Waals surface area contributed by atoms with Crippen molar-refractivity contribution in [1.29, 1.82) is 0 Å². The molecule has 23 heavy (non-hydrogen) atoms. The lowest BCUT2D eigenvalue weighted by atomic mass is 9.64. The van der Waals surface area contributed by atoms with Crippen LogP contribution >= 0.6 is 11.6 Å². The molecule has 0 N–H and O–H groups in total. The number of carbonyl (C=O) groups excluding carboxylic acids is 2. The smallest absolute Gasteiger partial charge is 0.409 e. The molecule has 1 aliphatic carbocycles. The summed E-state index contributed by atoms with van der Waals surface area (Å²) in [6.45, 7) is 4.91. The monoisotopic (exact) mass is 346 g/mol. The predicted octanol–water partition coefficient (Wildman–Crippen LogP) is 2.57. The van der Waals surface area contributed by atoms with E-state index in [2.05, 4.69) is 4.90 Å². The Kier molecular flexibility index (Phi) is 4.58. The molecule has 0 radical (unpaired) electrons. The van der Waals surface area contributed by atoms with E-state index in [1.807, 2.05) is 6.92 Å². The highest BCUT2D eigenvalue weighted by Crippen LogP contribution is 2.51. The van der Waals surface area contributed by atoms with Crippen molar-refractivity contribution in [2.24, 2.45) is 5.41 Å². The van der Waals surface area contributed by atoms with E-state index in [0.29, 0.717) is 25.7 Å². The molecule has 1 amide bonds. The highest BCUT2D eigenvalue weighted by atomic mass is 35.5. The van der Waals surface area contributed by atoms with Crippen LogP contribution in [0.2, 0.25) is 0 Å². The van der Waals surface area contributed by atoms with E-state index in [4.69, 9.17) is 16.3 Å². The van der Waals surface area contributed by atoms with Crippen molar-refractivity contribution >= 4 is 22.9 Å². The summed E-state index contributed by atoms with van der Waals surface area (Å²) >= 11 is 5.36. The summed E-state index contributed by atoms with van der Waals surface area (Å²) in [6, 6.07) is 0.437. The molecule has 2 aliphatic heterocycles. The molecule has 0 unspecified atom stereocenters. The van der Waals surface area contributed by atoms with Gasteiger partial charge in [0.1, 0.15) is 0 Å². The van der Waals surface area contributed by atoms with Crippen molar-refractivity contribution in [3.63, 3.8) is 0 Å². The summed E-state index contributed by atoms with van der Waals surface area (Å²) in [5.41, 5.74) is -1.63. The molecule has 3 fully saturated rings. The number of rotatable bonds is 3. The number of alkyl halides is 1. The second-order valence-electron chi connectivity index (χ2n) is 7.21. The summed E-state index contributed by atoms with van der Waals surface area (Å²) in [5, 5.41) is -0.858. The maximum Gasteiger partial charge on any atom is 0.409 e. The van der Waals surface area contributed by atoms with E-state index in [0.717, 1.165) is 32.4 Å². The number of piperidine rings is 1. The summed E-state index contributed by atoms with van der Waals surface area (Å²) in [5.74, 6) is 0. The van der Waals surface area contributed by atoms with Crippen LogP contribution in [-0.4, -0.2) is 65.6 Å². The van der Waals surface area contributed by atoms with Crippen molar-refractivity contribution in [2.75, 3.05) is 32.8 Å². The Morgan fingerprint density at radius 2 is 1.87 bits per heavy atom. The van der Waals surface area contributed by atoms with Gasteiger partial charge in [-0.2, -0.15) is 0 Å². The van der Waals surface area contributed by atoms with Crippen LogP contribution in [0.5, 0.6) is 0 Å². The second kappa shape index (κ2) is 6.20. The fourth-order valence-corrected chi connectivity index (χ4v) is 4.47. The van der Waals surface area contributed by atoms with Crippen molar-refractivity contribution in [3.8, 4) is 0 Å². The number of hydrogen-bond donors (Lipinski definition) is 0. The number of halogens is 2. The fraction of sp³-hybridized carbons (Fsp3) is 0.875. The number of likely N-dealkylation sites (tertiary alicyclic amines) is 2. The van der Waals surface area contributed by atoms with Gasteiger partial charge in [-0.25, -0.2) is 9.18 Å². The van der Waals surface area contributed by atoms with Crippen LogP contribution in [-0.2, 0) is 9.53 Å². The molecule has 130 valence electrons. The van der Waals surface area contributed by atoms with Crippen LogP contribution in [0.1, 0.15) is 39.0 Å². The second-order valence-corrected chi connectivity index (χ2v) is 7.55. The van der Waals surface area contributed by atoms with Crippen LogP contribution in [0.25, 0.3) is 0 Å². The topological polar surface area (TPSA) is 49.9 Å². The lowest BCUT2D eigenvalue weighted by Crippen LogP contribution is -2.56. The average Bonchev–Trinajstić information content (AvgIpc) is 2.92. The number of ether oxygens (including phenoxy) is 1. The third kappa shape index (κ3) is 3.20. The molecular formula is C16H24ClFN2O3. The maximum atomic E-state index is 14.2. The molecule has 0 aromatic rings. The summed E-state index contributed by atoms with van der Waals surface area (Å²) < 4.78 is 19.3. The Hall–Kier alpha value is -0.880. The highest BCUT2D eigenvalue weighted by molar-refractivity contribution is 6.65. The Morgan fingerprint density at radius 3 is 2.43 bits per heavy atom. The lowest BCUT2D eigenvalue weighted by Gasteiger charge is -2.52. The normalized spacial score (nSPS) is 33.5. The van der Waals surface area contributed by atoms with Gasteiger partial charge in [-0.3, -0.25) is 4.79 Å². The molecule has 2 heterocycles. The fourth-order valence-electron chi connectivity index (χ4n) is 4.28. The molecule has 0 bridgehead atoms. The zero-order chi connectivity index (χ0) is 16.7. The van der Waals surface area contributed by atoms with E-state index in [9.17, 15) is 14.0 Å². The molecular weight excluding hydrogens is 323 g/mol. The van der Waals surface area contributed by atoms with Crippen LogP contribution in [0.4, 0.5) is 9.18 Å². The Balaban J connectivity index is 1.47. The van der Waals surface area contributed by atoms with Crippen LogP contribution in [0.3, 0.4) is 0 Å². The highest BCUT2D eigenvalue weighted by Gasteiger charge is 2.52. The first kappa shape index (κ1) is 17.0. The van der Waals surface area contributed by atoms with Gasteiger partial charge in [0, 0.05) is 45.1 Å². The molecule has 0 aromatic carbocycles. The lowest BCUT2D eigenvalue weighted by molar-refractivity contribution is -0.126. The van der Waals surface area contributed by atoms with Crippen LogP contribution in [0, 0.1) is 5.41 Å². The standard InChI is InChI=1S/C16H24ClFN2O3/c1-2-23-14(22)20-6-3-15(11-20)9-12(10-15)19-7-4-16(18,5-8-19)13(17)21/h12H,2-11H2,1H3. The van der Waals surface area contributed by atoms with Gasteiger partial charge < -0.3 is 14.5 Å². The van der Waals surface area contributed by atoms with E-state index >= 15 is 0 Å². The zero-order valence-corrected chi connectivity index (χ0v) is 14.3. The Bertz CT molecular complexity index is 488. The Labute approximate surface area is 141 Å². The van der Waals surface area contributed by atoms with Crippen molar-refractivity contribution in [3.05, 3.63) is 0 Å². The molecule has 7 heteroatoms. The molecule has 5 nitrogen and oxygen atoms in total. The van der Waals surface area contributed by atoms with Gasteiger partial charge in [-0.1, -0.05) is 0 Å². The van der Waals surface area contributed by atoms with Crippen molar-refractivity contribution in [1.82, 2.24) is 9.80 Å². The number of carbonyl (C=O) groups is 2.